The molecule has 6 nitrogen and oxygen atoms in total. The van der Waals surface area contributed by atoms with E-state index in [-0.39, 0.29) is 11.6 Å². The van der Waals surface area contributed by atoms with Crippen molar-refractivity contribution in [3.63, 3.8) is 0 Å². The molecule has 1 unspecified atom stereocenters. The molecule has 0 bridgehead atoms. The number of hydrogen-bond donors (Lipinski definition) is 1. The van der Waals surface area contributed by atoms with Crippen LogP contribution in [0.5, 0.6) is 0 Å². The van der Waals surface area contributed by atoms with Gasteiger partial charge in [-0.25, -0.2) is 9.97 Å². The van der Waals surface area contributed by atoms with Gasteiger partial charge in [-0.15, -0.1) is 11.3 Å². The third kappa shape index (κ3) is 2.50. The molecule has 26 heavy (non-hydrogen) atoms. The Balaban J connectivity index is 1.62. The monoisotopic (exact) mass is 366 g/mol. The summed E-state index contributed by atoms with van der Waals surface area (Å²) in [7, 11) is 1.65. The van der Waals surface area contributed by atoms with Crippen molar-refractivity contribution in [3.05, 3.63) is 52.9 Å². The molecule has 1 N–H and O–H groups in total. The van der Waals surface area contributed by atoms with Gasteiger partial charge in [-0.1, -0.05) is 6.08 Å². The van der Waals surface area contributed by atoms with E-state index in [0.29, 0.717) is 6.04 Å². The molecule has 7 heteroatoms. The fraction of sp³-hybridized carbons (Fsp3) is 0.316. The van der Waals surface area contributed by atoms with E-state index in [4.69, 9.17) is 4.74 Å². The van der Waals surface area contributed by atoms with Gasteiger partial charge in [0.05, 0.1) is 18.5 Å². The maximum atomic E-state index is 13.1. The molecule has 132 valence electrons. The molecule has 3 aromatic heterocycles. The third-order valence-corrected chi connectivity index (χ3v) is 6.01. The average Bonchev–Trinajstić information content (AvgIpc) is 3.40. The first-order valence-electron chi connectivity index (χ1n) is 8.72. The molecule has 1 saturated carbocycles. The molecule has 0 aromatic carbocycles. The van der Waals surface area contributed by atoms with Crippen molar-refractivity contribution in [1.82, 2.24) is 14.5 Å². The maximum absolute atomic E-state index is 13.1. The Labute approximate surface area is 153 Å². The summed E-state index contributed by atoms with van der Waals surface area (Å²) >= 11 is 1.44. The normalized spacial score (nSPS) is 19.7. The first kappa shape index (κ1) is 15.6. The van der Waals surface area contributed by atoms with Gasteiger partial charge in [0.1, 0.15) is 27.4 Å². The molecule has 3 heterocycles. The Morgan fingerprint density at radius 1 is 1.35 bits per heavy atom. The number of nitrogens with zero attached hydrogens (tertiary/aromatic N) is 3. The van der Waals surface area contributed by atoms with Crippen molar-refractivity contribution in [2.45, 2.75) is 31.3 Å². The SMILES string of the molecule is COC1=CCC(n2ccc3c(sc4ncnc(NC5CC5)c43)c2=O)C=C1. The van der Waals surface area contributed by atoms with E-state index in [0.717, 1.165) is 38.3 Å². The number of anilines is 1. The van der Waals surface area contributed by atoms with Crippen molar-refractivity contribution in [1.29, 1.82) is 0 Å². The first-order valence-corrected chi connectivity index (χ1v) is 9.53. The quantitative estimate of drug-likeness (QED) is 0.764. The van der Waals surface area contributed by atoms with Crippen LogP contribution in [0, 0.1) is 0 Å². The van der Waals surface area contributed by atoms with Crippen LogP contribution in [-0.4, -0.2) is 27.7 Å². The number of ether oxygens (including phenoxy) is 1. The lowest BCUT2D eigenvalue weighted by Gasteiger charge is -2.18. The summed E-state index contributed by atoms with van der Waals surface area (Å²) < 4.78 is 7.76. The van der Waals surface area contributed by atoms with Crippen molar-refractivity contribution >= 4 is 37.5 Å². The highest BCUT2D eigenvalue weighted by Crippen LogP contribution is 2.36. The van der Waals surface area contributed by atoms with Gasteiger partial charge in [0.2, 0.25) is 0 Å². The third-order valence-electron chi connectivity index (χ3n) is 4.91. The van der Waals surface area contributed by atoms with Crippen LogP contribution in [0.4, 0.5) is 5.82 Å². The molecule has 1 atom stereocenters. The van der Waals surface area contributed by atoms with Crippen LogP contribution in [0.25, 0.3) is 20.3 Å². The molecule has 0 spiro atoms. The van der Waals surface area contributed by atoms with Gasteiger partial charge >= 0.3 is 0 Å². The van der Waals surface area contributed by atoms with Crippen molar-refractivity contribution in [3.8, 4) is 0 Å². The number of thiophene rings is 1. The summed E-state index contributed by atoms with van der Waals surface area (Å²) in [5.41, 5.74) is 0.0202. The van der Waals surface area contributed by atoms with E-state index >= 15 is 0 Å². The highest BCUT2D eigenvalue weighted by molar-refractivity contribution is 7.25. The largest absolute Gasteiger partial charge is 0.497 e. The minimum atomic E-state index is 0.00570. The summed E-state index contributed by atoms with van der Waals surface area (Å²) in [6, 6.07) is 2.52. The van der Waals surface area contributed by atoms with Gasteiger partial charge in [0, 0.05) is 17.6 Å². The average molecular weight is 366 g/mol. The highest BCUT2D eigenvalue weighted by atomic mass is 32.1. The number of rotatable bonds is 4. The Hall–Kier alpha value is -2.67. The molecule has 0 saturated heterocycles. The number of allylic oxidation sites excluding steroid dienone is 3. The van der Waals surface area contributed by atoms with Crippen LogP contribution in [0.3, 0.4) is 0 Å². The number of hydrogen-bond acceptors (Lipinski definition) is 6. The standard InChI is InChI=1S/C19H18N4O2S/c1-25-13-6-4-12(5-7-13)23-9-8-14-15-17(22-11-2-3-11)20-10-21-18(15)26-16(14)19(23)24/h4,6-12H,2-3,5H2,1H3,(H,20,21,22). The number of fused-ring (bicyclic) bond motifs is 3. The minimum absolute atomic E-state index is 0.00570. The topological polar surface area (TPSA) is 69.0 Å². The van der Waals surface area contributed by atoms with E-state index in [9.17, 15) is 4.79 Å². The smallest absolute Gasteiger partial charge is 0.269 e. The summed E-state index contributed by atoms with van der Waals surface area (Å²) in [5, 5.41) is 5.36. The molecular weight excluding hydrogens is 348 g/mol. The number of nitrogens with one attached hydrogen (secondary N) is 1. The van der Waals surface area contributed by atoms with E-state index in [1.165, 1.54) is 24.2 Å². The minimum Gasteiger partial charge on any atom is -0.497 e. The second kappa shape index (κ2) is 5.95. The zero-order chi connectivity index (χ0) is 17.7. The van der Waals surface area contributed by atoms with Gasteiger partial charge in [0.25, 0.3) is 5.56 Å². The summed E-state index contributed by atoms with van der Waals surface area (Å²) in [4.78, 5) is 22.8. The zero-order valence-electron chi connectivity index (χ0n) is 14.3. The van der Waals surface area contributed by atoms with Crippen LogP contribution in [0.2, 0.25) is 0 Å². The van der Waals surface area contributed by atoms with E-state index < -0.39 is 0 Å². The van der Waals surface area contributed by atoms with Gasteiger partial charge in [-0.2, -0.15) is 0 Å². The zero-order valence-corrected chi connectivity index (χ0v) is 15.1. The Morgan fingerprint density at radius 3 is 2.96 bits per heavy atom. The fourth-order valence-corrected chi connectivity index (χ4v) is 4.43. The van der Waals surface area contributed by atoms with Gasteiger partial charge < -0.3 is 14.6 Å². The van der Waals surface area contributed by atoms with Crippen molar-refractivity contribution < 1.29 is 4.74 Å². The second-order valence-corrected chi connectivity index (χ2v) is 7.67. The van der Waals surface area contributed by atoms with Crippen LogP contribution in [0.15, 0.2) is 47.4 Å². The van der Waals surface area contributed by atoms with Gasteiger partial charge in [-0.05, 0) is 37.5 Å². The molecular formula is C19H18N4O2S. The number of pyridine rings is 1. The summed E-state index contributed by atoms with van der Waals surface area (Å²) in [5.74, 6) is 1.68. The summed E-state index contributed by atoms with van der Waals surface area (Å²) in [6.07, 6.45) is 12.5. The Morgan fingerprint density at radius 2 is 2.23 bits per heavy atom. The molecule has 2 aliphatic rings. The van der Waals surface area contributed by atoms with Crippen LogP contribution >= 0.6 is 11.3 Å². The Bertz CT molecular complexity index is 1120. The molecule has 1 fully saturated rings. The molecule has 0 amide bonds. The first-order chi connectivity index (χ1) is 12.7. The molecule has 2 aliphatic carbocycles. The molecule has 0 aliphatic heterocycles. The lowest BCUT2D eigenvalue weighted by Crippen LogP contribution is -2.23. The highest BCUT2D eigenvalue weighted by Gasteiger charge is 2.24. The Kier molecular flexibility index (Phi) is 3.56. The predicted molar refractivity (Wildman–Crippen MR) is 104 cm³/mol. The molecule has 5 rings (SSSR count). The van der Waals surface area contributed by atoms with Crippen molar-refractivity contribution in [2.75, 3.05) is 12.4 Å². The predicted octanol–water partition coefficient (Wildman–Crippen LogP) is 3.61. The van der Waals surface area contributed by atoms with Gasteiger partial charge in [-0.3, -0.25) is 4.79 Å². The van der Waals surface area contributed by atoms with Crippen molar-refractivity contribution in [2.24, 2.45) is 0 Å². The fourth-order valence-electron chi connectivity index (χ4n) is 3.35. The van der Waals surface area contributed by atoms with Crippen LogP contribution in [0.1, 0.15) is 25.3 Å². The summed E-state index contributed by atoms with van der Waals surface area (Å²) in [6.45, 7) is 0. The maximum Gasteiger partial charge on any atom is 0.269 e. The van der Waals surface area contributed by atoms with E-state index in [2.05, 4.69) is 15.3 Å². The lowest BCUT2D eigenvalue weighted by molar-refractivity contribution is 0.301. The van der Waals surface area contributed by atoms with E-state index in [1.807, 2.05) is 30.5 Å². The van der Waals surface area contributed by atoms with E-state index in [1.54, 1.807) is 18.0 Å². The second-order valence-electron chi connectivity index (χ2n) is 6.67. The number of aromatic nitrogens is 3. The lowest BCUT2D eigenvalue weighted by atomic mass is 10.1. The van der Waals surface area contributed by atoms with Gasteiger partial charge in [0.15, 0.2) is 0 Å². The number of methoxy groups -OCH3 is 1. The van der Waals surface area contributed by atoms with Crippen LogP contribution < -0.4 is 10.9 Å². The van der Waals surface area contributed by atoms with Crippen LogP contribution in [-0.2, 0) is 4.74 Å². The molecule has 3 aromatic rings. The molecule has 0 radical (unpaired) electrons.